The van der Waals surface area contributed by atoms with Crippen LogP contribution in [-0.4, -0.2) is 33.4 Å². The van der Waals surface area contributed by atoms with Crippen molar-refractivity contribution in [2.24, 2.45) is 7.05 Å². The van der Waals surface area contributed by atoms with E-state index in [0.29, 0.717) is 28.5 Å². The molecule has 136 valence electrons. The predicted molar refractivity (Wildman–Crippen MR) is 108 cm³/mol. The average molecular weight is 388 g/mol. The third kappa shape index (κ3) is 3.54. The number of thiophene rings is 1. The molecule has 0 bridgehead atoms. The summed E-state index contributed by atoms with van der Waals surface area (Å²) in [6.07, 6.45) is 0. The van der Waals surface area contributed by atoms with Crippen molar-refractivity contribution >= 4 is 39.2 Å². The Hall–Kier alpha value is -2.12. The Morgan fingerprint density at radius 2 is 1.92 bits per heavy atom. The van der Waals surface area contributed by atoms with Gasteiger partial charge in [0.1, 0.15) is 10.1 Å². The summed E-state index contributed by atoms with van der Waals surface area (Å²) in [7, 11) is 1.71. The molecular weight excluding hydrogens is 366 g/mol. The van der Waals surface area contributed by atoms with Crippen molar-refractivity contribution in [3.63, 3.8) is 0 Å². The van der Waals surface area contributed by atoms with Gasteiger partial charge in [-0.15, -0.1) is 11.3 Å². The molecule has 0 spiro atoms. The smallest absolute Gasteiger partial charge is 0.262 e. The van der Waals surface area contributed by atoms with E-state index in [4.69, 9.17) is 0 Å². The molecule has 0 saturated carbocycles. The van der Waals surface area contributed by atoms with Crippen LogP contribution in [0.1, 0.15) is 24.7 Å². The van der Waals surface area contributed by atoms with E-state index >= 15 is 0 Å². The van der Waals surface area contributed by atoms with Gasteiger partial charge in [0, 0.05) is 20.1 Å². The Kier molecular flexibility index (Phi) is 5.78. The van der Waals surface area contributed by atoms with Crippen LogP contribution in [0.2, 0.25) is 0 Å². The third-order valence-corrected chi connectivity index (χ3v) is 6.38. The van der Waals surface area contributed by atoms with E-state index < -0.39 is 5.25 Å². The number of nitrogens with zero attached hydrogens (tertiary/aromatic N) is 3. The molecule has 1 aromatic carbocycles. The van der Waals surface area contributed by atoms with Crippen molar-refractivity contribution in [3.8, 4) is 0 Å². The van der Waals surface area contributed by atoms with E-state index in [1.54, 1.807) is 13.1 Å². The number of hydrogen-bond acceptors (Lipinski definition) is 5. The van der Waals surface area contributed by atoms with Gasteiger partial charge in [-0.05, 0) is 30.9 Å². The molecule has 0 N–H and O–H groups in total. The lowest BCUT2D eigenvalue weighted by atomic mass is 10.1. The summed E-state index contributed by atoms with van der Waals surface area (Å²) in [5, 5.41) is 2.60. The molecule has 2 aromatic heterocycles. The molecule has 0 aliphatic rings. The zero-order valence-corrected chi connectivity index (χ0v) is 16.6. The van der Waals surface area contributed by atoms with Crippen molar-refractivity contribution in [2.75, 3.05) is 13.1 Å². The number of thioether (sulfide) groups is 1. The minimum absolute atomic E-state index is 0.0340. The summed E-state index contributed by atoms with van der Waals surface area (Å²) in [5.74, 6) is 0.0340. The van der Waals surface area contributed by atoms with Crippen molar-refractivity contribution < 1.29 is 4.79 Å². The Balaban J connectivity index is 2.05. The molecule has 2 heterocycles. The molecule has 0 saturated heterocycles. The Bertz CT molecular complexity index is 962. The number of likely N-dealkylation sites (N-methyl/N-ethyl adjacent to an activating group) is 1. The average Bonchev–Trinajstić information content (AvgIpc) is 3.13. The summed E-state index contributed by atoms with van der Waals surface area (Å²) in [5.41, 5.74) is 0.829. The fourth-order valence-corrected chi connectivity index (χ4v) is 4.73. The SMILES string of the molecule is CCN(CC)C(=O)C(Sc1nc2sccc2c(=O)n1C)c1ccccc1. The lowest BCUT2D eigenvalue weighted by molar-refractivity contribution is -0.130. The van der Waals surface area contributed by atoms with Gasteiger partial charge < -0.3 is 4.90 Å². The monoisotopic (exact) mass is 387 g/mol. The number of carbonyl (C=O) groups is 1. The standard InChI is InChI=1S/C19H21N3O2S2/c1-4-22(5-2)18(24)15(13-9-7-6-8-10-13)26-19-20-16-14(11-12-25-16)17(23)21(19)3/h6-12,15H,4-5H2,1-3H3. The van der Waals surface area contributed by atoms with Crippen LogP contribution in [0.5, 0.6) is 0 Å². The van der Waals surface area contributed by atoms with Gasteiger partial charge in [-0.2, -0.15) is 0 Å². The van der Waals surface area contributed by atoms with Crippen molar-refractivity contribution in [2.45, 2.75) is 24.3 Å². The second-order valence-electron chi connectivity index (χ2n) is 5.82. The van der Waals surface area contributed by atoms with Crippen LogP contribution in [0.15, 0.2) is 51.7 Å². The molecule has 1 unspecified atom stereocenters. The molecule has 0 radical (unpaired) electrons. The van der Waals surface area contributed by atoms with Crippen LogP contribution in [-0.2, 0) is 11.8 Å². The van der Waals surface area contributed by atoms with E-state index in [1.165, 1.54) is 27.7 Å². The molecule has 7 heteroatoms. The van der Waals surface area contributed by atoms with E-state index in [1.807, 2.05) is 54.5 Å². The van der Waals surface area contributed by atoms with E-state index in [2.05, 4.69) is 4.98 Å². The fourth-order valence-electron chi connectivity index (χ4n) is 2.78. The topological polar surface area (TPSA) is 55.2 Å². The molecular formula is C19H21N3O2S2. The molecule has 3 rings (SSSR count). The number of rotatable bonds is 6. The van der Waals surface area contributed by atoms with Crippen molar-refractivity contribution in [1.82, 2.24) is 14.5 Å². The van der Waals surface area contributed by atoms with E-state index in [0.717, 1.165) is 5.56 Å². The predicted octanol–water partition coefficient (Wildman–Crippen LogP) is 3.70. The number of benzene rings is 1. The van der Waals surface area contributed by atoms with Crippen molar-refractivity contribution in [1.29, 1.82) is 0 Å². The first-order valence-electron chi connectivity index (χ1n) is 8.51. The second-order valence-corrected chi connectivity index (χ2v) is 7.78. The third-order valence-electron chi connectivity index (χ3n) is 4.29. The summed E-state index contributed by atoms with van der Waals surface area (Å²) in [4.78, 5) is 32.8. The van der Waals surface area contributed by atoms with Crippen LogP contribution in [0.4, 0.5) is 0 Å². The van der Waals surface area contributed by atoms with Crippen molar-refractivity contribution in [3.05, 3.63) is 57.7 Å². The maximum absolute atomic E-state index is 13.1. The summed E-state index contributed by atoms with van der Waals surface area (Å²) in [6.45, 7) is 5.24. The first-order chi connectivity index (χ1) is 12.6. The van der Waals surface area contributed by atoms with Gasteiger partial charge in [-0.25, -0.2) is 4.98 Å². The maximum Gasteiger partial charge on any atom is 0.262 e. The molecule has 3 aromatic rings. The molecule has 26 heavy (non-hydrogen) atoms. The highest BCUT2D eigenvalue weighted by Gasteiger charge is 2.27. The molecule has 0 aliphatic carbocycles. The van der Waals surface area contributed by atoms with Gasteiger partial charge in [-0.1, -0.05) is 42.1 Å². The summed E-state index contributed by atoms with van der Waals surface area (Å²) in [6, 6.07) is 11.5. The highest BCUT2D eigenvalue weighted by molar-refractivity contribution is 8.00. The van der Waals surface area contributed by atoms with Crippen LogP contribution >= 0.6 is 23.1 Å². The van der Waals surface area contributed by atoms with Crippen LogP contribution in [0.3, 0.4) is 0 Å². The lowest BCUT2D eigenvalue weighted by Gasteiger charge is -2.25. The molecule has 5 nitrogen and oxygen atoms in total. The zero-order chi connectivity index (χ0) is 18.7. The number of amides is 1. The second kappa shape index (κ2) is 8.05. The Morgan fingerprint density at radius 3 is 2.58 bits per heavy atom. The van der Waals surface area contributed by atoms with E-state index in [-0.39, 0.29) is 11.5 Å². The summed E-state index contributed by atoms with van der Waals surface area (Å²) < 4.78 is 1.53. The van der Waals surface area contributed by atoms with Crippen LogP contribution < -0.4 is 5.56 Å². The summed E-state index contributed by atoms with van der Waals surface area (Å²) >= 11 is 2.77. The molecule has 1 amide bonds. The normalized spacial score (nSPS) is 12.3. The van der Waals surface area contributed by atoms with Gasteiger partial charge >= 0.3 is 0 Å². The highest BCUT2D eigenvalue weighted by atomic mass is 32.2. The van der Waals surface area contributed by atoms with Crippen LogP contribution in [0.25, 0.3) is 10.2 Å². The first kappa shape index (κ1) is 18.7. The Morgan fingerprint density at radius 1 is 1.23 bits per heavy atom. The first-order valence-corrected chi connectivity index (χ1v) is 10.3. The lowest BCUT2D eigenvalue weighted by Crippen LogP contribution is -2.34. The highest BCUT2D eigenvalue weighted by Crippen LogP contribution is 2.36. The number of carbonyl (C=O) groups excluding carboxylic acids is 1. The van der Waals surface area contributed by atoms with Gasteiger partial charge in [-0.3, -0.25) is 14.2 Å². The van der Waals surface area contributed by atoms with Gasteiger partial charge in [0.05, 0.1) is 5.39 Å². The van der Waals surface area contributed by atoms with Gasteiger partial charge in [0.25, 0.3) is 5.56 Å². The van der Waals surface area contributed by atoms with Crippen LogP contribution in [0, 0.1) is 0 Å². The fraction of sp³-hybridized carbons (Fsp3) is 0.316. The number of fused-ring (bicyclic) bond motifs is 1. The van der Waals surface area contributed by atoms with Gasteiger partial charge in [0.2, 0.25) is 5.91 Å². The maximum atomic E-state index is 13.1. The molecule has 0 aliphatic heterocycles. The Labute approximate surface area is 160 Å². The largest absolute Gasteiger partial charge is 0.342 e. The minimum Gasteiger partial charge on any atom is -0.342 e. The molecule has 0 fully saturated rings. The van der Waals surface area contributed by atoms with E-state index in [9.17, 15) is 9.59 Å². The minimum atomic E-state index is -0.438. The quantitative estimate of drug-likeness (QED) is 0.478. The number of aromatic nitrogens is 2. The zero-order valence-electron chi connectivity index (χ0n) is 15.0. The van der Waals surface area contributed by atoms with Gasteiger partial charge in [0.15, 0.2) is 5.16 Å². The molecule has 1 atom stereocenters. The number of hydrogen-bond donors (Lipinski definition) is 0.